The minimum absolute atomic E-state index is 0.246. The number of anilines is 2. The fourth-order valence-electron chi connectivity index (χ4n) is 1.29. The molecule has 1 aromatic carbocycles. The first-order valence-electron chi connectivity index (χ1n) is 4.92. The molecule has 1 aromatic heterocycles. The zero-order valence-corrected chi connectivity index (χ0v) is 10.5. The van der Waals surface area contributed by atoms with E-state index in [-0.39, 0.29) is 16.5 Å². The second-order valence-electron chi connectivity index (χ2n) is 3.43. The standard InChI is InChI=1S/C11H8Cl2N4O/c12-6-1-2-8(14)7(5-6)11(18)15-10-4-3-9(13)16-17-10/h1-5H,14H2,(H,15,17,18). The number of nitrogens with one attached hydrogen (secondary N) is 1. The summed E-state index contributed by atoms with van der Waals surface area (Å²) < 4.78 is 0. The number of rotatable bonds is 2. The van der Waals surface area contributed by atoms with Crippen molar-refractivity contribution >= 4 is 40.6 Å². The maximum Gasteiger partial charge on any atom is 0.259 e. The van der Waals surface area contributed by atoms with Crippen LogP contribution in [0, 0.1) is 0 Å². The Morgan fingerprint density at radius 3 is 2.61 bits per heavy atom. The molecule has 7 heteroatoms. The van der Waals surface area contributed by atoms with E-state index in [0.29, 0.717) is 10.7 Å². The van der Waals surface area contributed by atoms with E-state index < -0.39 is 5.91 Å². The molecule has 92 valence electrons. The average molecular weight is 283 g/mol. The molecule has 1 heterocycles. The van der Waals surface area contributed by atoms with E-state index in [9.17, 15) is 4.79 Å². The molecule has 0 spiro atoms. The zero-order valence-electron chi connectivity index (χ0n) is 9.02. The molecule has 18 heavy (non-hydrogen) atoms. The summed E-state index contributed by atoms with van der Waals surface area (Å²) in [5, 5.41) is 10.5. The molecule has 5 nitrogen and oxygen atoms in total. The van der Waals surface area contributed by atoms with Crippen LogP contribution in [0.4, 0.5) is 11.5 Å². The molecule has 0 radical (unpaired) electrons. The molecule has 0 atom stereocenters. The molecule has 0 aliphatic heterocycles. The Morgan fingerprint density at radius 2 is 1.94 bits per heavy atom. The van der Waals surface area contributed by atoms with E-state index in [1.807, 2.05) is 0 Å². The van der Waals surface area contributed by atoms with Crippen LogP contribution in [-0.2, 0) is 0 Å². The van der Waals surface area contributed by atoms with Crippen molar-refractivity contribution in [1.29, 1.82) is 0 Å². The smallest absolute Gasteiger partial charge is 0.259 e. The molecule has 0 unspecified atom stereocenters. The molecule has 0 bridgehead atoms. The van der Waals surface area contributed by atoms with E-state index in [0.717, 1.165) is 0 Å². The van der Waals surface area contributed by atoms with Gasteiger partial charge in [-0.1, -0.05) is 23.2 Å². The number of nitrogens with zero attached hydrogens (tertiary/aromatic N) is 2. The summed E-state index contributed by atoms with van der Waals surface area (Å²) in [6, 6.07) is 7.70. The summed E-state index contributed by atoms with van der Waals surface area (Å²) >= 11 is 11.4. The number of nitrogens with two attached hydrogens (primary N) is 1. The van der Waals surface area contributed by atoms with Gasteiger partial charge in [0.25, 0.3) is 5.91 Å². The zero-order chi connectivity index (χ0) is 13.1. The first kappa shape index (κ1) is 12.6. The molecule has 3 N–H and O–H groups in total. The number of hydrogen-bond acceptors (Lipinski definition) is 4. The van der Waals surface area contributed by atoms with Gasteiger partial charge in [-0.3, -0.25) is 4.79 Å². The van der Waals surface area contributed by atoms with Crippen molar-refractivity contribution in [1.82, 2.24) is 10.2 Å². The van der Waals surface area contributed by atoms with E-state index in [4.69, 9.17) is 28.9 Å². The number of carbonyl (C=O) groups is 1. The van der Waals surface area contributed by atoms with Crippen molar-refractivity contribution in [2.45, 2.75) is 0 Å². The number of benzene rings is 1. The SMILES string of the molecule is Nc1ccc(Cl)cc1C(=O)Nc1ccc(Cl)nn1. The fourth-order valence-corrected chi connectivity index (χ4v) is 1.56. The van der Waals surface area contributed by atoms with Crippen molar-refractivity contribution < 1.29 is 4.79 Å². The molecule has 0 aliphatic rings. The van der Waals surface area contributed by atoms with Gasteiger partial charge in [-0.15, -0.1) is 10.2 Å². The van der Waals surface area contributed by atoms with Gasteiger partial charge in [0.05, 0.1) is 5.56 Å². The van der Waals surface area contributed by atoms with E-state index in [2.05, 4.69) is 15.5 Å². The molecule has 1 amide bonds. The highest BCUT2D eigenvalue weighted by Gasteiger charge is 2.11. The van der Waals surface area contributed by atoms with Crippen LogP contribution in [0.2, 0.25) is 10.2 Å². The Bertz CT molecular complexity index is 586. The lowest BCUT2D eigenvalue weighted by molar-refractivity contribution is 0.102. The normalized spacial score (nSPS) is 10.1. The van der Waals surface area contributed by atoms with Crippen LogP contribution in [0.15, 0.2) is 30.3 Å². The largest absolute Gasteiger partial charge is 0.398 e. The predicted octanol–water partition coefficient (Wildman–Crippen LogP) is 2.62. The molecular weight excluding hydrogens is 275 g/mol. The third-order valence-electron chi connectivity index (χ3n) is 2.13. The third kappa shape index (κ3) is 2.88. The van der Waals surface area contributed by atoms with Gasteiger partial charge < -0.3 is 11.1 Å². The summed E-state index contributed by atoms with van der Waals surface area (Å²) in [5.41, 5.74) is 6.30. The molecule has 2 rings (SSSR count). The second-order valence-corrected chi connectivity index (χ2v) is 4.25. The van der Waals surface area contributed by atoms with Crippen molar-refractivity contribution in [3.05, 3.63) is 46.1 Å². The number of hydrogen-bond donors (Lipinski definition) is 2. The summed E-state index contributed by atoms with van der Waals surface area (Å²) in [5.74, 6) is -0.129. The number of nitrogen functional groups attached to an aromatic ring is 1. The molecule has 0 saturated heterocycles. The van der Waals surface area contributed by atoms with Gasteiger partial charge in [0.2, 0.25) is 0 Å². The van der Waals surface area contributed by atoms with Crippen LogP contribution >= 0.6 is 23.2 Å². The maximum absolute atomic E-state index is 11.9. The number of aromatic nitrogens is 2. The van der Waals surface area contributed by atoms with E-state index >= 15 is 0 Å². The van der Waals surface area contributed by atoms with Gasteiger partial charge in [-0.05, 0) is 30.3 Å². The highest BCUT2D eigenvalue weighted by molar-refractivity contribution is 6.31. The van der Waals surface area contributed by atoms with E-state index in [1.165, 1.54) is 18.2 Å². The van der Waals surface area contributed by atoms with Gasteiger partial charge in [0, 0.05) is 10.7 Å². The van der Waals surface area contributed by atoms with Crippen LogP contribution in [-0.4, -0.2) is 16.1 Å². The van der Waals surface area contributed by atoms with Crippen LogP contribution in [0.1, 0.15) is 10.4 Å². The Labute approximate surface area is 113 Å². The van der Waals surface area contributed by atoms with Gasteiger partial charge >= 0.3 is 0 Å². The highest BCUT2D eigenvalue weighted by Crippen LogP contribution is 2.19. The topological polar surface area (TPSA) is 80.9 Å². The van der Waals surface area contributed by atoms with Crippen molar-refractivity contribution in [2.24, 2.45) is 0 Å². The van der Waals surface area contributed by atoms with Crippen molar-refractivity contribution in [3.8, 4) is 0 Å². The Kier molecular flexibility index (Phi) is 3.64. The monoisotopic (exact) mass is 282 g/mol. The summed E-state index contributed by atoms with van der Waals surface area (Å²) in [7, 11) is 0. The molecular formula is C11H8Cl2N4O. The Morgan fingerprint density at radius 1 is 1.17 bits per heavy atom. The van der Waals surface area contributed by atoms with Crippen LogP contribution in [0.3, 0.4) is 0 Å². The predicted molar refractivity (Wildman–Crippen MR) is 70.9 cm³/mol. The van der Waals surface area contributed by atoms with Gasteiger partial charge in [-0.25, -0.2) is 0 Å². The van der Waals surface area contributed by atoms with Crippen LogP contribution < -0.4 is 11.1 Å². The van der Waals surface area contributed by atoms with Crippen molar-refractivity contribution in [2.75, 3.05) is 11.1 Å². The lowest BCUT2D eigenvalue weighted by Gasteiger charge is -2.06. The van der Waals surface area contributed by atoms with Gasteiger partial charge in [-0.2, -0.15) is 0 Å². The molecule has 2 aromatic rings. The quantitative estimate of drug-likeness (QED) is 0.830. The van der Waals surface area contributed by atoms with Crippen LogP contribution in [0.5, 0.6) is 0 Å². The van der Waals surface area contributed by atoms with Crippen molar-refractivity contribution in [3.63, 3.8) is 0 Å². The first-order chi connectivity index (χ1) is 8.56. The fraction of sp³-hybridized carbons (Fsp3) is 0. The molecule has 0 fully saturated rings. The lowest BCUT2D eigenvalue weighted by atomic mass is 10.1. The molecule has 0 aliphatic carbocycles. The molecule has 0 saturated carbocycles. The summed E-state index contributed by atoms with van der Waals surface area (Å²) in [6.07, 6.45) is 0. The summed E-state index contributed by atoms with van der Waals surface area (Å²) in [6.45, 7) is 0. The van der Waals surface area contributed by atoms with Gasteiger partial charge in [0.1, 0.15) is 0 Å². The minimum atomic E-state index is -0.411. The average Bonchev–Trinajstić information content (AvgIpc) is 2.35. The first-order valence-corrected chi connectivity index (χ1v) is 5.67. The van der Waals surface area contributed by atoms with E-state index in [1.54, 1.807) is 12.1 Å². The number of carbonyl (C=O) groups excluding carboxylic acids is 1. The van der Waals surface area contributed by atoms with Crippen LogP contribution in [0.25, 0.3) is 0 Å². The Hall–Kier alpha value is -1.85. The van der Waals surface area contributed by atoms with Gasteiger partial charge in [0.15, 0.2) is 11.0 Å². The third-order valence-corrected chi connectivity index (χ3v) is 2.57. The highest BCUT2D eigenvalue weighted by atomic mass is 35.5. The number of amides is 1. The minimum Gasteiger partial charge on any atom is -0.398 e. The Balaban J connectivity index is 2.21. The lowest BCUT2D eigenvalue weighted by Crippen LogP contribution is -2.15. The number of halogens is 2. The second kappa shape index (κ2) is 5.20. The maximum atomic E-state index is 11.9. The summed E-state index contributed by atoms with van der Waals surface area (Å²) in [4.78, 5) is 11.9.